The van der Waals surface area contributed by atoms with Crippen LogP contribution >= 0.6 is 0 Å². The number of ether oxygens (including phenoxy) is 2. The zero-order chi connectivity index (χ0) is 22.4. The van der Waals surface area contributed by atoms with Crippen LogP contribution in [0, 0.1) is 6.92 Å². The van der Waals surface area contributed by atoms with Crippen molar-refractivity contribution < 1.29 is 24.2 Å². The smallest absolute Gasteiger partial charge is 0.295 e. The Morgan fingerprint density at radius 2 is 1.84 bits per heavy atom. The number of amides is 1. The first-order chi connectivity index (χ1) is 15.0. The molecule has 164 valence electrons. The van der Waals surface area contributed by atoms with Crippen LogP contribution in [0.2, 0.25) is 0 Å². The molecule has 1 atom stereocenters. The SMILES string of the molecule is CCCCOc1ccc(C(O)=C2C(=O)C(=O)N(CCOC)[C@@H]2c2ccccc2)cc1C. The van der Waals surface area contributed by atoms with E-state index in [0.29, 0.717) is 18.8 Å². The maximum Gasteiger partial charge on any atom is 0.295 e. The minimum atomic E-state index is -0.691. The number of benzene rings is 2. The van der Waals surface area contributed by atoms with Crippen molar-refractivity contribution >= 4 is 17.4 Å². The lowest BCUT2D eigenvalue weighted by Gasteiger charge is -2.25. The van der Waals surface area contributed by atoms with Gasteiger partial charge in [-0.2, -0.15) is 0 Å². The summed E-state index contributed by atoms with van der Waals surface area (Å²) < 4.78 is 10.9. The summed E-state index contributed by atoms with van der Waals surface area (Å²) in [7, 11) is 1.54. The van der Waals surface area contributed by atoms with Gasteiger partial charge in [0.15, 0.2) is 0 Å². The van der Waals surface area contributed by atoms with Crippen molar-refractivity contribution in [1.82, 2.24) is 4.90 Å². The third kappa shape index (κ3) is 4.80. The number of aryl methyl sites for hydroxylation is 1. The predicted octanol–water partition coefficient (Wildman–Crippen LogP) is 4.24. The van der Waals surface area contributed by atoms with Crippen LogP contribution in [0.5, 0.6) is 5.75 Å². The molecule has 0 saturated carbocycles. The van der Waals surface area contributed by atoms with Gasteiger partial charge in [-0.05, 0) is 42.7 Å². The molecule has 1 aliphatic rings. The van der Waals surface area contributed by atoms with Gasteiger partial charge in [-0.15, -0.1) is 0 Å². The quantitative estimate of drug-likeness (QED) is 0.283. The number of Topliss-reactive ketones (excluding diaryl/α,β-unsaturated/α-hetero) is 1. The van der Waals surface area contributed by atoms with Gasteiger partial charge < -0.3 is 19.5 Å². The molecule has 2 aromatic carbocycles. The van der Waals surface area contributed by atoms with E-state index in [0.717, 1.165) is 29.7 Å². The lowest BCUT2D eigenvalue weighted by atomic mass is 9.95. The highest BCUT2D eigenvalue weighted by Crippen LogP contribution is 2.39. The van der Waals surface area contributed by atoms with Gasteiger partial charge in [0.05, 0.1) is 24.8 Å². The number of likely N-dealkylation sites (tertiary alicyclic amines) is 1. The second-order valence-electron chi connectivity index (χ2n) is 7.58. The molecule has 31 heavy (non-hydrogen) atoms. The van der Waals surface area contributed by atoms with Gasteiger partial charge in [0.25, 0.3) is 11.7 Å². The third-order valence-electron chi connectivity index (χ3n) is 5.40. The molecule has 1 amide bonds. The Morgan fingerprint density at radius 3 is 2.48 bits per heavy atom. The summed E-state index contributed by atoms with van der Waals surface area (Å²) in [5.74, 6) is -0.771. The number of unbranched alkanes of at least 4 members (excludes halogenated alkanes) is 1. The highest BCUT2D eigenvalue weighted by atomic mass is 16.5. The number of hydrogen-bond donors (Lipinski definition) is 1. The fraction of sp³-hybridized carbons (Fsp3) is 0.360. The number of nitrogens with zero attached hydrogens (tertiary/aromatic N) is 1. The Morgan fingerprint density at radius 1 is 1.10 bits per heavy atom. The summed E-state index contributed by atoms with van der Waals surface area (Å²) in [6.07, 6.45) is 2.00. The first-order valence-electron chi connectivity index (χ1n) is 10.6. The van der Waals surface area contributed by atoms with Gasteiger partial charge >= 0.3 is 0 Å². The third-order valence-corrected chi connectivity index (χ3v) is 5.40. The van der Waals surface area contributed by atoms with Gasteiger partial charge in [0.2, 0.25) is 0 Å². The first-order valence-corrected chi connectivity index (χ1v) is 10.6. The lowest BCUT2D eigenvalue weighted by molar-refractivity contribution is -0.140. The average molecular weight is 424 g/mol. The summed E-state index contributed by atoms with van der Waals surface area (Å²) in [5, 5.41) is 11.1. The average Bonchev–Trinajstić information content (AvgIpc) is 3.03. The number of rotatable bonds is 9. The topological polar surface area (TPSA) is 76.1 Å². The second kappa shape index (κ2) is 10.3. The van der Waals surface area contributed by atoms with Crippen LogP contribution in [-0.4, -0.2) is 48.6 Å². The van der Waals surface area contributed by atoms with Gasteiger partial charge in [0, 0.05) is 19.2 Å². The zero-order valence-corrected chi connectivity index (χ0v) is 18.3. The summed E-state index contributed by atoms with van der Waals surface area (Å²) in [6, 6.07) is 13.9. The molecule has 6 nitrogen and oxygen atoms in total. The number of hydrogen-bond acceptors (Lipinski definition) is 5. The number of carbonyl (C=O) groups excluding carboxylic acids is 2. The van der Waals surface area contributed by atoms with Crippen LogP contribution in [0.25, 0.3) is 5.76 Å². The highest BCUT2D eigenvalue weighted by Gasteiger charge is 2.45. The van der Waals surface area contributed by atoms with E-state index >= 15 is 0 Å². The molecular formula is C25H29NO5. The zero-order valence-electron chi connectivity index (χ0n) is 18.3. The molecule has 0 aromatic heterocycles. The molecule has 0 aliphatic carbocycles. The number of aliphatic hydroxyl groups excluding tert-OH is 1. The van der Waals surface area contributed by atoms with Crippen LogP contribution in [0.3, 0.4) is 0 Å². The molecular weight excluding hydrogens is 394 g/mol. The molecule has 3 rings (SSSR count). The summed E-state index contributed by atoms with van der Waals surface area (Å²) in [5.41, 5.74) is 2.18. The van der Waals surface area contributed by atoms with Crippen molar-refractivity contribution in [2.24, 2.45) is 0 Å². The van der Waals surface area contributed by atoms with Crippen molar-refractivity contribution in [3.8, 4) is 5.75 Å². The van der Waals surface area contributed by atoms with E-state index in [1.54, 1.807) is 25.3 Å². The Balaban J connectivity index is 2.03. The van der Waals surface area contributed by atoms with Crippen molar-refractivity contribution in [3.05, 3.63) is 70.8 Å². The summed E-state index contributed by atoms with van der Waals surface area (Å²) >= 11 is 0. The van der Waals surface area contributed by atoms with E-state index in [9.17, 15) is 14.7 Å². The molecule has 1 aliphatic heterocycles. The molecule has 0 spiro atoms. The molecule has 1 heterocycles. The normalized spacial score (nSPS) is 17.9. The van der Waals surface area contributed by atoms with E-state index in [2.05, 4.69) is 6.92 Å². The second-order valence-corrected chi connectivity index (χ2v) is 7.58. The number of carbonyl (C=O) groups is 2. The van der Waals surface area contributed by atoms with Crippen LogP contribution in [0.1, 0.15) is 42.5 Å². The van der Waals surface area contributed by atoms with Gasteiger partial charge in [0.1, 0.15) is 11.5 Å². The molecule has 1 fully saturated rings. The largest absolute Gasteiger partial charge is 0.507 e. The Hall–Kier alpha value is -3.12. The van der Waals surface area contributed by atoms with E-state index in [1.807, 2.05) is 37.3 Å². The number of aliphatic hydroxyl groups is 1. The molecule has 0 unspecified atom stereocenters. The fourth-order valence-corrected chi connectivity index (χ4v) is 3.72. The van der Waals surface area contributed by atoms with Gasteiger partial charge in [-0.25, -0.2) is 0 Å². The molecule has 0 bridgehead atoms. The molecule has 1 N–H and O–H groups in total. The van der Waals surface area contributed by atoms with E-state index < -0.39 is 17.7 Å². The minimum absolute atomic E-state index is 0.0892. The van der Waals surface area contributed by atoms with Crippen LogP contribution in [0.15, 0.2) is 54.1 Å². The maximum absolute atomic E-state index is 12.9. The van der Waals surface area contributed by atoms with E-state index in [-0.39, 0.29) is 17.9 Å². The minimum Gasteiger partial charge on any atom is -0.507 e. The standard InChI is InChI=1S/C25H29NO5/c1-4-5-14-31-20-12-11-19(16-17(20)2)23(27)21-22(18-9-7-6-8-10-18)26(13-15-30-3)25(29)24(21)28/h6-12,16,22,27H,4-5,13-15H2,1-3H3/t22-/m1/s1. The predicted molar refractivity (Wildman–Crippen MR) is 119 cm³/mol. The van der Waals surface area contributed by atoms with Crippen LogP contribution in [0.4, 0.5) is 0 Å². The monoisotopic (exact) mass is 423 g/mol. The van der Waals surface area contributed by atoms with Crippen molar-refractivity contribution in [3.63, 3.8) is 0 Å². The first kappa shape index (κ1) is 22.6. The van der Waals surface area contributed by atoms with Crippen molar-refractivity contribution in [2.45, 2.75) is 32.7 Å². The Labute approximate surface area is 183 Å². The maximum atomic E-state index is 12.9. The molecule has 6 heteroatoms. The van der Waals surface area contributed by atoms with Crippen molar-refractivity contribution in [2.75, 3.05) is 26.9 Å². The summed E-state index contributed by atoms with van der Waals surface area (Å²) in [4.78, 5) is 27.2. The Bertz CT molecular complexity index is 967. The lowest BCUT2D eigenvalue weighted by Crippen LogP contribution is -2.32. The Kier molecular flexibility index (Phi) is 7.47. The number of ketones is 1. The van der Waals surface area contributed by atoms with E-state index in [4.69, 9.17) is 9.47 Å². The van der Waals surface area contributed by atoms with Gasteiger partial charge in [-0.3, -0.25) is 9.59 Å². The fourth-order valence-electron chi connectivity index (χ4n) is 3.72. The van der Waals surface area contributed by atoms with Crippen LogP contribution < -0.4 is 4.74 Å². The molecule has 1 saturated heterocycles. The van der Waals surface area contributed by atoms with Crippen LogP contribution in [-0.2, 0) is 14.3 Å². The van der Waals surface area contributed by atoms with Gasteiger partial charge in [-0.1, -0.05) is 43.7 Å². The molecule has 0 radical (unpaired) electrons. The number of methoxy groups -OCH3 is 1. The highest BCUT2D eigenvalue weighted by molar-refractivity contribution is 6.46. The summed E-state index contributed by atoms with van der Waals surface area (Å²) in [6.45, 7) is 5.16. The molecule has 2 aromatic rings. The van der Waals surface area contributed by atoms with E-state index in [1.165, 1.54) is 4.90 Å². The van der Waals surface area contributed by atoms with Crippen molar-refractivity contribution in [1.29, 1.82) is 0 Å².